The molecule has 0 radical (unpaired) electrons. The van der Waals surface area contributed by atoms with Gasteiger partial charge >= 0.3 is 0 Å². The first-order valence-corrected chi connectivity index (χ1v) is 8.08. The van der Waals surface area contributed by atoms with Crippen molar-refractivity contribution in [3.63, 3.8) is 0 Å². The number of rotatable bonds is 4. The van der Waals surface area contributed by atoms with E-state index in [9.17, 15) is 0 Å². The van der Waals surface area contributed by atoms with Crippen LogP contribution in [-0.2, 0) is 20.1 Å². The van der Waals surface area contributed by atoms with Crippen LogP contribution in [0.2, 0.25) is 0 Å². The molecule has 2 aliphatic rings. The van der Waals surface area contributed by atoms with Crippen molar-refractivity contribution in [3.05, 3.63) is 48.0 Å². The number of hydrogen-bond acceptors (Lipinski definition) is 4. The van der Waals surface area contributed by atoms with Crippen molar-refractivity contribution in [1.82, 2.24) is 24.6 Å². The first-order chi connectivity index (χ1) is 10.8. The lowest BCUT2D eigenvalue weighted by Gasteiger charge is -2.20. The first kappa shape index (κ1) is 13.9. The van der Waals surface area contributed by atoms with Crippen LogP contribution in [0.1, 0.15) is 11.3 Å². The molecule has 2 atom stereocenters. The average molecular weight is 297 g/mol. The second-order valence-electron chi connectivity index (χ2n) is 6.75. The maximum atomic E-state index is 4.45. The van der Waals surface area contributed by atoms with Gasteiger partial charge in [-0.3, -0.25) is 19.5 Å². The summed E-state index contributed by atoms with van der Waals surface area (Å²) in [5.74, 6) is 1.64. The molecule has 0 saturated carbocycles. The zero-order valence-electron chi connectivity index (χ0n) is 13.1. The van der Waals surface area contributed by atoms with Crippen LogP contribution in [0.4, 0.5) is 0 Å². The molecule has 0 unspecified atom stereocenters. The number of likely N-dealkylation sites (tertiary alicyclic amines) is 2. The second kappa shape index (κ2) is 5.82. The molecule has 2 aliphatic heterocycles. The van der Waals surface area contributed by atoms with Crippen LogP contribution in [-0.4, -0.2) is 50.7 Å². The lowest BCUT2D eigenvalue weighted by molar-refractivity contribution is 0.245. The van der Waals surface area contributed by atoms with Crippen LogP contribution in [0.5, 0.6) is 0 Å². The zero-order chi connectivity index (χ0) is 14.9. The number of aromatic nitrogens is 3. The van der Waals surface area contributed by atoms with Gasteiger partial charge in [0.2, 0.25) is 0 Å². The highest BCUT2D eigenvalue weighted by molar-refractivity contribution is 5.07. The number of pyridine rings is 1. The summed E-state index contributed by atoms with van der Waals surface area (Å²) in [5, 5.41) is 4.26. The van der Waals surface area contributed by atoms with E-state index in [0.717, 1.165) is 24.9 Å². The van der Waals surface area contributed by atoms with Crippen molar-refractivity contribution in [3.8, 4) is 0 Å². The van der Waals surface area contributed by atoms with Crippen molar-refractivity contribution in [1.29, 1.82) is 0 Å². The molecule has 0 aromatic carbocycles. The van der Waals surface area contributed by atoms with E-state index < -0.39 is 0 Å². The van der Waals surface area contributed by atoms with E-state index in [1.807, 2.05) is 30.2 Å². The predicted molar refractivity (Wildman–Crippen MR) is 85.0 cm³/mol. The normalized spacial score (nSPS) is 25.7. The highest BCUT2D eigenvalue weighted by Gasteiger charge is 2.39. The van der Waals surface area contributed by atoms with Crippen molar-refractivity contribution in [2.75, 3.05) is 26.2 Å². The van der Waals surface area contributed by atoms with Crippen molar-refractivity contribution in [2.24, 2.45) is 18.9 Å². The molecule has 0 amide bonds. The molecule has 0 aliphatic carbocycles. The van der Waals surface area contributed by atoms with Gasteiger partial charge in [0, 0.05) is 64.3 Å². The van der Waals surface area contributed by atoms with Crippen LogP contribution in [0.3, 0.4) is 0 Å². The number of hydrogen-bond donors (Lipinski definition) is 0. The van der Waals surface area contributed by atoms with E-state index in [2.05, 4.69) is 38.2 Å². The minimum Gasteiger partial charge on any atom is -0.298 e. The Labute approximate surface area is 131 Å². The molecular formula is C17H23N5. The van der Waals surface area contributed by atoms with E-state index in [1.165, 1.54) is 37.4 Å². The fourth-order valence-corrected chi connectivity index (χ4v) is 3.98. The van der Waals surface area contributed by atoms with Gasteiger partial charge in [-0.15, -0.1) is 0 Å². The topological polar surface area (TPSA) is 37.2 Å². The minimum atomic E-state index is 0.820. The summed E-state index contributed by atoms with van der Waals surface area (Å²) in [7, 11) is 1.98. The van der Waals surface area contributed by atoms with E-state index in [1.54, 1.807) is 0 Å². The Morgan fingerprint density at radius 1 is 1.05 bits per heavy atom. The summed E-state index contributed by atoms with van der Waals surface area (Å²) in [6.45, 7) is 6.91. The molecule has 2 aromatic heterocycles. The molecule has 5 heteroatoms. The molecule has 0 spiro atoms. The van der Waals surface area contributed by atoms with E-state index >= 15 is 0 Å². The minimum absolute atomic E-state index is 0.820. The summed E-state index contributed by atoms with van der Waals surface area (Å²) in [6.07, 6.45) is 6.00. The van der Waals surface area contributed by atoms with Crippen LogP contribution in [0, 0.1) is 11.8 Å². The Kier molecular flexibility index (Phi) is 3.68. The molecule has 2 fully saturated rings. The van der Waals surface area contributed by atoms with E-state index in [-0.39, 0.29) is 0 Å². The lowest BCUT2D eigenvalue weighted by atomic mass is 10.0. The Morgan fingerprint density at radius 3 is 2.36 bits per heavy atom. The summed E-state index contributed by atoms with van der Waals surface area (Å²) in [4.78, 5) is 9.60. The third-order valence-electron chi connectivity index (χ3n) is 4.91. The molecule has 5 nitrogen and oxygen atoms in total. The molecule has 2 saturated heterocycles. The standard InChI is InChI=1S/C17H23N5/c1-20-7-14(6-19-20)8-21-9-15-11-22(12-16(15)10-21)13-17-4-2-3-5-18-17/h2-7,15-16H,8-13H2,1H3/t15-,16-/m0/s1. The van der Waals surface area contributed by atoms with Crippen LogP contribution >= 0.6 is 0 Å². The van der Waals surface area contributed by atoms with Gasteiger partial charge in [-0.25, -0.2) is 0 Å². The number of aryl methyl sites for hydroxylation is 1. The third kappa shape index (κ3) is 2.91. The summed E-state index contributed by atoms with van der Waals surface area (Å²) in [6, 6.07) is 6.19. The molecule has 22 heavy (non-hydrogen) atoms. The third-order valence-corrected chi connectivity index (χ3v) is 4.91. The molecule has 0 N–H and O–H groups in total. The zero-order valence-corrected chi connectivity index (χ0v) is 13.1. The summed E-state index contributed by atoms with van der Waals surface area (Å²) < 4.78 is 1.89. The van der Waals surface area contributed by atoms with E-state index in [0.29, 0.717) is 0 Å². The monoisotopic (exact) mass is 297 g/mol. The molecular weight excluding hydrogens is 274 g/mol. The Balaban J connectivity index is 1.31. The Bertz CT molecular complexity index is 609. The Morgan fingerprint density at radius 2 is 1.77 bits per heavy atom. The lowest BCUT2D eigenvalue weighted by Crippen LogP contribution is -2.28. The molecule has 4 heterocycles. The van der Waals surface area contributed by atoms with Gasteiger partial charge in [0.05, 0.1) is 11.9 Å². The van der Waals surface area contributed by atoms with Crippen molar-refractivity contribution >= 4 is 0 Å². The van der Waals surface area contributed by atoms with E-state index in [4.69, 9.17) is 0 Å². The number of fused-ring (bicyclic) bond motifs is 1. The van der Waals surface area contributed by atoms with Crippen molar-refractivity contribution < 1.29 is 0 Å². The fourth-order valence-electron chi connectivity index (χ4n) is 3.98. The SMILES string of the molecule is Cn1cc(CN2C[C@H]3CN(Cc4ccccn4)C[C@@H]3C2)cn1. The summed E-state index contributed by atoms with van der Waals surface area (Å²) >= 11 is 0. The smallest absolute Gasteiger partial charge is 0.0543 e. The van der Waals surface area contributed by atoms with Gasteiger partial charge in [-0.05, 0) is 24.0 Å². The summed E-state index contributed by atoms with van der Waals surface area (Å²) in [5.41, 5.74) is 2.52. The molecule has 4 rings (SSSR count). The maximum Gasteiger partial charge on any atom is 0.0543 e. The van der Waals surface area contributed by atoms with Crippen LogP contribution < -0.4 is 0 Å². The molecule has 0 bridgehead atoms. The average Bonchev–Trinajstić information content (AvgIpc) is 3.16. The van der Waals surface area contributed by atoms with Gasteiger partial charge in [-0.1, -0.05) is 6.07 Å². The highest BCUT2D eigenvalue weighted by atomic mass is 15.3. The maximum absolute atomic E-state index is 4.45. The quantitative estimate of drug-likeness (QED) is 0.854. The second-order valence-corrected chi connectivity index (χ2v) is 6.75. The predicted octanol–water partition coefficient (Wildman–Crippen LogP) is 1.38. The molecule has 2 aromatic rings. The molecule has 116 valence electrons. The van der Waals surface area contributed by atoms with Crippen LogP contribution in [0.15, 0.2) is 36.8 Å². The largest absolute Gasteiger partial charge is 0.298 e. The van der Waals surface area contributed by atoms with Gasteiger partial charge in [0.25, 0.3) is 0 Å². The number of nitrogens with zero attached hydrogens (tertiary/aromatic N) is 5. The fraction of sp³-hybridized carbons (Fsp3) is 0.529. The van der Waals surface area contributed by atoms with Crippen molar-refractivity contribution in [2.45, 2.75) is 13.1 Å². The van der Waals surface area contributed by atoms with Gasteiger partial charge < -0.3 is 0 Å². The van der Waals surface area contributed by atoms with Gasteiger partial charge in [0.1, 0.15) is 0 Å². The van der Waals surface area contributed by atoms with Gasteiger partial charge in [0.15, 0.2) is 0 Å². The van der Waals surface area contributed by atoms with Gasteiger partial charge in [-0.2, -0.15) is 5.10 Å². The first-order valence-electron chi connectivity index (χ1n) is 8.08. The van der Waals surface area contributed by atoms with Crippen LogP contribution in [0.25, 0.3) is 0 Å². The highest BCUT2D eigenvalue weighted by Crippen LogP contribution is 2.32. The Hall–Kier alpha value is -1.72.